The van der Waals surface area contributed by atoms with Crippen molar-refractivity contribution in [2.45, 2.75) is 54.4 Å². The maximum Gasteiger partial charge on any atom is 0.123 e. The number of hydrogen-bond donors (Lipinski definition) is 0. The predicted octanol–water partition coefficient (Wildman–Crippen LogP) is 8.98. The minimum absolute atomic E-state index is 0.113. The zero-order chi connectivity index (χ0) is 24.3. The van der Waals surface area contributed by atoms with Gasteiger partial charge >= 0.3 is 0 Å². The van der Waals surface area contributed by atoms with Crippen LogP contribution in [0.3, 0.4) is 0 Å². The van der Waals surface area contributed by atoms with Gasteiger partial charge in [-0.2, -0.15) is 0 Å². The predicted molar refractivity (Wildman–Crippen MR) is 144 cm³/mol. The monoisotopic (exact) mass is 470 g/mol. The molecule has 0 radical (unpaired) electrons. The van der Waals surface area contributed by atoms with Gasteiger partial charge in [-0.3, -0.25) is 0 Å². The lowest BCUT2D eigenvalue weighted by molar-refractivity contribution is 0.411. The molecule has 0 spiro atoms. The summed E-state index contributed by atoms with van der Waals surface area (Å²) in [7, 11) is 0. The molecular weight excluding hydrogens is 439 g/mol. The van der Waals surface area contributed by atoms with Gasteiger partial charge in [0.25, 0.3) is 0 Å². The minimum Gasteiger partial charge on any atom is -0.235 e. The highest BCUT2D eigenvalue weighted by Gasteiger charge is 2.19. The molecule has 2 nitrogen and oxygen atoms in total. The fraction of sp³-hybridized carbons (Fsp3) is 0.333. The van der Waals surface area contributed by atoms with Crippen LogP contribution in [0.25, 0.3) is 42.3 Å². The van der Waals surface area contributed by atoms with E-state index >= 15 is 0 Å². The van der Waals surface area contributed by atoms with E-state index in [2.05, 4.69) is 76.9 Å². The third-order valence-corrected chi connectivity index (χ3v) is 7.19. The number of rotatable bonds is 3. The summed E-state index contributed by atoms with van der Waals surface area (Å²) in [5, 5.41) is 3.19. The van der Waals surface area contributed by atoms with Gasteiger partial charge < -0.3 is 0 Å². The maximum atomic E-state index is 14.2. The lowest BCUT2D eigenvalue weighted by Gasteiger charge is -2.20. The van der Waals surface area contributed by atoms with E-state index in [1.54, 1.807) is 29.8 Å². The molecule has 0 saturated carbocycles. The zero-order valence-corrected chi connectivity index (χ0v) is 21.6. The molecule has 0 aliphatic carbocycles. The van der Waals surface area contributed by atoms with Gasteiger partial charge in [-0.1, -0.05) is 59.7 Å². The molecule has 0 bridgehead atoms. The highest BCUT2D eigenvalue weighted by molar-refractivity contribution is 7.26. The Morgan fingerprint density at radius 1 is 0.794 bits per heavy atom. The number of hydrogen-bond acceptors (Lipinski definition) is 3. The second kappa shape index (κ2) is 8.13. The van der Waals surface area contributed by atoms with E-state index < -0.39 is 0 Å². The molecule has 34 heavy (non-hydrogen) atoms. The van der Waals surface area contributed by atoms with Crippen LogP contribution >= 0.6 is 11.3 Å². The molecule has 0 saturated heterocycles. The topological polar surface area (TPSA) is 25.8 Å². The van der Waals surface area contributed by atoms with Crippen molar-refractivity contribution in [3.63, 3.8) is 0 Å². The second-order valence-corrected chi connectivity index (χ2v) is 12.9. The molecule has 0 amide bonds. The molecule has 4 heteroatoms. The molecule has 174 valence electrons. The van der Waals surface area contributed by atoms with Crippen LogP contribution in [0.15, 0.2) is 54.9 Å². The zero-order valence-electron chi connectivity index (χ0n) is 20.8. The Kier molecular flexibility index (Phi) is 5.48. The van der Waals surface area contributed by atoms with Crippen LogP contribution in [0.4, 0.5) is 4.39 Å². The number of fused-ring (bicyclic) bond motifs is 4. The average molecular weight is 471 g/mol. The SMILES string of the molecule is CC(C)(C)Cc1ccc2c(c1)sc1c(-c3cc(CC(C)(C)C)c4ccc(F)cc4c3)ncnc12. The van der Waals surface area contributed by atoms with Crippen molar-refractivity contribution in [3.8, 4) is 11.3 Å². The van der Waals surface area contributed by atoms with Gasteiger partial charge in [-0.05, 0) is 75.9 Å². The molecule has 5 aromatic rings. The molecular formula is C30H31FN2S. The summed E-state index contributed by atoms with van der Waals surface area (Å²) in [6.45, 7) is 13.5. The molecule has 2 aromatic heterocycles. The van der Waals surface area contributed by atoms with Crippen LogP contribution < -0.4 is 0 Å². The van der Waals surface area contributed by atoms with Crippen molar-refractivity contribution in [2.75, 3.05) is 0 Å². The largest absolute Gasteiger partial charge is 0.235 e. The van der Waals surface area contributed by atoms with Crippen molar-refractivity contribution in [2.24, 2.45) is 10.8 Å². The Balaban J connectivity index is 1.72. The van der Waals surface area contributed by atoms with Crippen molar-refractivity contribution in [1.29, 1.82) is 0 Å². The standard InChI is InChI=1S/C30H31FN2S/c1-29(2,3)15-18-7-9-24-25(11-18)34-28-26(32-17-33-27(24)28)20-12-19-14-22(31)8-10-23(19)21(13-20)16-30(4,5)6/h7-14,17H,15-16H2,1-6H3. The first-order valence-electron chi connectivity index (χ1n) is 11.9. The minimum atomic E-state index is -0.215. The molecule has 0 unspecified atom stereocenters. The molecule has 0 atom stereocenters. The number of nitrogens with zero attached hydrogens (tertiary/aromatic N) is 2. The highest BCUT2D eigenvalue weighted by atomic mass is 32.1. The van der Waals surface area contributed by atoms with Crippen LogP contribution in [0, 0.1) is 16.6 Å². The van der Waals surface area contributed by atoms with Crippen LogP contribution in [0.5, 0.6) is 0 Å². The van der Waals surface area contributed by atoms with Gasteiger partial charge in [0.15, 0.2) is 0 Å². The summed E-state index contributed by atoms with van der Waals surface area (Å²) < 4.78 is 16.5. The van der Waals surface area contributed by atoms with Crippen molar-refractivity contribution in [1.82, 2.24) is 9.97 Å². The average Bonchev–Trinajstić information content (AvgIpc) is 3.08. The first-order chi connectivity index (χ1) is 16.0. The summed E-state index contributed by atoms with van der Waals surface area (Å²) >= 11 is 1.75. The number of halogens is 1. The Morgan fingerprint density at radius 2 is 1.53 bits per heavy atom. The molecule has 2 heterocycles. The number of thiophene rings is 1. The fourth-order valence-corrected chi connectivity index (χ4v) is 6.05. The fourth-order valence-electron chi connectivity index (χ4n) is 4.82. The van der Waals surface area contributed by atoms with Crippen LogP contribution in [0.2, 0.25) is 0 Å². The molecule has 5 rings (SSSR count). The van der Waals surface area contributed by atoms with E-state index in [1.807, 2.05) is 6.07 Å². The van der Waals surface area contributed by atoms with Crippen molar-refractivity contribution >= 4 is 42.4 Å². The summed E-state index contributed by atoms with van der Waals surface area (Å²) in [6, 6.07) is 16.1. The Morgan fingerprint density at radius 3 is 2.26 bits per heavy atom. The van der Waals surface area contributed by atoms with Crippen molar-refractivity contribution in [3.05, 3.63) is 71.8 Å². The Labute approximate surface area is 204 Å². The third kappa shape index (κ3) is 4.56. The van der Waals surface area contributed by atoms with Gasteiger partial charge in [-0.15, -0.1) is 11.3 Å². The molecule has 0 N–H and O–H groups in total. The Bertz CT molecular complexity index is 1530. The van der Waals surface area contributed by atoms with E-state index in [-0.39, 0.29) is 16.6 Å². The number of benzene rings is 3. The highest BCUT2D eigenvalue weighted by Crippen LogP contribution is 2.40. The first-order valence-corrected chi connectivity index (χ1v) is 12.7. The maximum absolute atomic E-state index is 14.2. The smallest absolute Gasteiger partial charge is 0.123 e. The van der Waals surface area contributed by atoms with Crippen molar-refractivity contribution < 1.29 is 4.39 Å². The lowest BCUT2D eigenvalue weighted by Crippen LogP contribution is -2.09. The first kappa shape index (κ1) is 22.9. The normalized spacial score (nSPS) is 12.8. The van der Waals surface area contributed by atoms with Gasteiger partial charge in [0, 0.05) is 15.6 Å². The van der Waals surface area contributed by atoms with Crippen LogP contribution in [0.1, 0.15) is 52.7 Å². The van der Waals surface area contributed by atoms with Gasteiger partial charge in [-0.25, -0.2) is 14.4 Å². The van der Waals surface area contributed by atoms with Gasteiger partial charge in [0.05, 0.1) is 15.9 Å². The molecule has 0 aliphatic heterocycles. The number of aromatic nitrogens is 2. The van der Waals surface area contributed by atoms with E-state index in [4.69, 9.17) is 4.98 Å². The summed E-state index contributed by atoms with van der Waals surface area (Å²) in [4.78, 5) is 9.38. The lowest BCUT2D eigenvalue weighted by atomic mass is 9.85. The Hall–Kier alpha value is -2.85. The van der Waals surface area contributed by atoms with E-state index in [1.165, 1.54) is 21.2 Å². The van der Waals surface area contributed by atoms with E-state index in [9.17, 15) is 4.39 Å². The van der Waals surface area contributed by atoms with Crippen LogP contribution in [-0.2, 0) is 12.8 Å². The third-order valence-electron chi connectivity index (χ3n) is 6.05. The quantitative estimate of drug-likeness (QED) is 0.263. The van der Waals surface area contributed by atoms with Gasteiger partial charge in [0.2, 0.25) is 0 Å². The summed E-state index contributed by atoms with van der Waals surface area (Å²) in [5.74, 6) is -0.215. The van der Waals surface area contributed by atoms with Crippen LogP contribution in [-0.4, -0.2) is 9.97 Å². The summed E-state index contributed by atoms with van der Waals surface area (Å²) in [5.41, 5.74) is 5.84. The molecule has 3 aromatic carbocycles. The second-order valence-electron chi connectivity index (χ2n) is 11.8. The molecule has 0 fully saturated rings. The van der Waals surface area contributed by atoms with E-state index in [0.29, 0.717) is 0 Å². The summed E-state index contributed by atoms with van der Waals surface area (Å²) in [6.07, 6.45) is 3.59. The molecule has 0 aliphatic rings. The van der Waals surface area contributed by atoms with E-state index in [0.717, 1.165) is 45.1 Å². The van der Waals surface area contributed by atoms with Gasteiger partial charge in [0.1, 0.15) is 12.1 Å².